The second-order valence-electron chi connectivity index (χ2n) is 4.43. The summed E-state index contributed by atoms with van der Waals surface area (Å²) in [7, 11) is -0.783. The fourth-order valence-electron chi connectivity index (χ4n) is 2.22. The molecular formula is C14H29NO7Si. The molecule has 23 heavy (non-hydrogen) atoms. The Labute approximate surface area is 139 Å². The molecule has 0 aliphatic rings. The third-order valence-corrected chi connectivity index (χ3v) is 6.40. The zero-order chi connectivity index (χ0) is 17.9. The van der Waals surface area contributed by atoms with Crippen LogP contribution in [0.5, 0.6) is 0 Å². The van der Waals surface area contributed by atoms with Crippen molar-refractivity contribution in [2.45, 2.75) is 40.2 Å². The highest BCUT2D eigenvalue weighted by atomic mass is 28.4. The molecule has 136 valence electrons. The van der Waals surface area contributed by atoms with Gasteiger partial charge in [-0.3, -0.25) is 9.59 Å². The summed E-state index contributed by atoms with van der Waals surface area (Å²) in [6.07, 6.45) is -0.168. The standard InChI is InChI=1S/C14H29NO7Si/c1-7-15(12(14(17)19-6)11-13(16)18-5)23(20-8-2,21-9-3)22-10-4/h12H,7-11H2,1-6H3. The number of nitrogens with zero attached hydrogens (tertiary/aromatic N) is 1. The molecule has 0 aliphatic carbocycles. The Morgan fingerprint density at radius 2 is 1.39 bits per heavy atom. The smallest absolute Gasteiger partial charge is 0.469 e. The maximum atomic E-state index is 12.2. The summed E-state index contributed by atoms with van der Waals surface area (Å²) in [5, 5.41) is 0. The number of carbonyl (C=O) groups is 2. The molecule has 0 fully saturated rings. The summed E-state index contributed by atoms with van der Waals surface area (Å²) < 4.78 is 28.6. The van der Waals surface area contributed by atoms with Crippen molar-refractivity contribution in [2.24, 2.45) is 0 Å². The van der Waals surface area contributed by atoms with E-state index in [1.54, 1.807) is 4.57 Å². The van der Waals surface area contributed by atoms with Gasteiger partial charge in [0.1, 0.15) is 6.04 Å². The second kappa shape index (κ2) is 11.5. The lowest BCUT2D eigenvalue weighted by molar-refractivity contribution is -0.153. The normalized spacial score (nSPS) is 13.0. The molecule has 0 saturated carbocycles. The number of esters is 2. The van der Waals surface area contributed by atoms with E-state index in [2.05, 4.69) is 4.74 Å². The molecule has 0 spiro atoms. The SMILES string of the molecule is CCO[Si](OCC)(OCC)N(CC)C(CC(=O)OC)C(=O)OC. The van der Waals surface area contributed by atoms with Crippen molar-refractivity contribution in [2.75, 3.05) is 40.6 Å². The quantitative estimate of drug-likeness (QED) is 0.380. The van der Waals surface area contributed by atoms with Crippen LogP contribution in [0.25, 0.3) is 0 Å². The number of carbonyl (C=O) groups excluding carboxylic acids is 2. The lowest BCUT2D eigenvalue weighted by Gasteiger charge is -2.40. The Morgan fingerprint density at radius 1 is 0.913 bits per heavy atom. The van der Waals surface area contributed by atoms with Crippen molar-refractivity contribution in [1.82, 2.24) is 4.57 Å². The van der Waals surface area contributed by atoms with Crippen molar-refractivity contribution >= 4 is 20.9 Å². The van der Waals surface area contributed by atoms with Gasteiger partial charge in [-0.2, -0.15) is 0 Å². The Kier molecular flexibility index (Phi) is 11.0. The third kappa shape index (κ3) is 6.19. The molecule has 9 heteroatoms. The maximum Gasteiger partial charge on any atom is 0.600 e. The number of hydrogen-bond donors (Lipinski definition) is 0. The zero-order valence-corrected chi connectivity index (χ0v) is 15.9. The highest BCUT2D eigenvalue weighted by Gasteiger charge is 2.53. The summed E-state index contributed by atoms with van der Waals surface area (Å²) >= 11 is 0. The predicted molar refractivity (Wildman–Crippen MR) is 85.4 cm³/mol. The van der Waals surface area contributed by atoms with Crippen molar-refractivity contribution in [3.63, 3.8) is 0 Å². The lowest BCUT2D eigenvalue weighted by Crippen LogP contribution is -2.66. The molecule has 0 heterocycles. The van der Waals surface area contributed by atoms with Crippen molar-refractivity contribution in [3.8, 4) is 0 Å². The van der Waals surface area contributed by atoms with Gasteiger partial charge in [0.15, 0.2) is 0 Å². The van der Waals surface area contributed by atoms with Gasteiger partial charge in [0.05, 0.1) is 20.6 Å². The first-order valence-corrected chi connectivity index (χ1v) is 9.46. The summed E-state index contributed by atoms with van der Waals surface area (Å²) in [5.41, 5.74) is 0. The Morgan fingerprint density at radius 3 is 1.70 bits per heavy atom. The van der Waals surface area contributed by atoms with Gasteiger partial charge < -0.3 is 22.8 Å². The van der Waals surface area contributed by atoms with Gasteiger partial charge in [-0.1, -0.05) is 6.92 Å². The van der Waals surface area contributed by atoms with Gasteiger partial charge >= 0.3 is 20.9 Å². The number of ether oxygens (including phenoxy) is 2. The van der Waals surface area contributed by atoms with E-state index in [-0.39, 0.29) is 6.42 Å². The molecule has 0 amide bonds. The summed E-state index contributed by atoms with van der Waals surface area (Å²) in [4.78, 5) is 23.9. The number of rotatable bonds is 12. The molecule has 0 aromatic carbocycles. The Hall–Kier alpha value is -1.00. The van der Waals surface area contributed by atoms with E-state index in [0.717, 1.165) is 0 Å². The van der Waals surface area contributed by atoms with Gasteiger partial charge in [0.25, 0.3) is 0 Å². The molecule has 8 nitrogen and oxygen atoms in total. The van der Waals surface area contributed by atoms with Crippen molar-refractivity contribution < 1.29 is 32.3 Å². The average Bonchev–Trinajstić information content (AvgIpc) is 2.54. The van der Waals surface area contributed by atoms with Crippen molar-refractivity contribution in [1.29, 1.82) is 0 Å². The highest BCUT2D eigenvalue weighted by molar-refractivity contribution is 6.58. The highest BCUT2D eigenvalue weighted by Crippen LogP contribution is 2.22. The van der Waals surface area contributed by atoms with E-state index in [1.807, 2.05) is 27.7 Å². The van der Waals surface area contributed by atoms with Crippen LogP contribution < -0.4 is 0 Å². The largest absolute Gasteiger partial charge is 0.600 e. The predicted octanol–water partition coefficient (Wildman–Crippen LogP) is 0.958. The number of likely N-dealkylation sites (N-methyl/N-ethyl adjacent to an activating group) is 1. The average molecular weight is 351 g/mol. The summed E-state index contributed by atoms with van der Waals surface area (Å²) in [6, 6.07) is -0.895. The monoisotopic (exact) mass is 351 g/mol. The van der Waals surface area contributed by atoms with Crippen LogP contribution in [0.4, 0.5) is 0 Å². The first kappa shape index (κ1) is 22.0. The van der Waals surface area contributed by atoms with Gasteiger partial charge in [-0.15, -0.1) is 0 Å². The summed E-state index contributed by atoms with van der Waals surface area (Å²) in [6.45, 7) is 8.76. The molecule has 0 aliphatic heterocycles. The molecule has 0 bridgehead atoms. The van der Waals surface area contributed by atoms with Crippen LogP contribution in [0.1, 0.15) is 34.1 Å². The maximum absolute atomic E-state index is 12.2. The van der Waals surface area contributed by atoms with Crippen LogP contribution in [0.15, 0.2) is 0 Å². The molecule has 0 saturated heterocycles. The fraction of sp³-hybridized carbons (Fsp3) is 0.857. The minimum absolute atomic E-state index is 0.168. The van der Waals surface area contributed by atoms with Crippen LogP contribution in [0, 0.1) is 0 Å². The molecule has 0 rings (SSSR count). The van der Waals surface area contributed by atoms with Crippen LogP contribution in [0.2, 0.25) is 0 Å². The molecule has 1 unspecified atom stereocenters. The van der Waals surface area contributed by atoms with Gasteiger partial charge in [0, 0.05) is 19.8 Å². The minimum atomic E-state index is -3.32. The van der Waals surface area contributed by atoms with E-state index in [9.17, 15) is 9.59 Å². The Bertz CT molecular complexity index is 350. The molecule has 0 radical (unpaired) electrons. The number of methoxy groups -OCH3 is 2. The van der Waals surface area contributed by atoms with Crippen LogP contribution in [-0.4, -0.2) is 72.1 Å². The van der Waals surface area contributed by atoms with E-state index >= 15 is 0 Å². The Balaban J connectivity index is 5.74. The van der Waals surface area contributed by atoms with E-state index < -0.39 is 26.9 Å². The molecule has 0 N–H and O–H groups in total. The zero-order valence-electron chi connectivity index (χ0n) is 14.9. The van der Waals surface area contributed by atoms with Gasteiger partial charge in [-0.25, -0.2) is 4.57 Å². The third-order valence-electron chi connectivity index (χ3n) is 3.11. The van der Waals surface area contributed by atoms with Crippen LogP contribution in [0.3, 0.4) is 0 Å². The first-order valence-electron chi connectivity index (χ1n) is 7.79. The minimum Gasteiger partial charge on any atom is -0.469 e. The van der Waals surface area contributed by atoms with Crippen LogP contribution in [-0.2, 0) is 32.3 Å². The number of hydrogen-bond acceptors (Lipinski definition) is 8. The van der Waals surface area contributed by atoms with Gasteiger partial charge in [0.2, 0.25) is 0 Å². The second-order valence-corrected chi connectivity index (χ2v) is 6.92. The van der Waals surface area contributed by atoms with Gasteiger partial charge in [-0.05, 0) is 27.3 Å². The topological polar surface area (TPSA) is 83.5 Å². The lowest BCUT2D eigenvalue weighted by atomic mass is 10.2. The molecule has 0 aromatic heterocycles. The molecule has 0 aromatic rings. The van der Waals surface area contributed by atoms with E-state index in [1.165, 1.54) is 14.2 Å². The van der Waals surface area contributed by atoms with Crippen molar-refractivity contribution in [3.05, 3.63) is 0 Å². The van der Waals surface area contributed by atoms with E-state index in [4.69, 9.17) is 18.0 Å². The van der Waals surface area contributed by atoms with E-state index in [0.29, 0.717) is 26.4 Å². The summed E-state index contributed by atoms with van der Waals surface area (Å²) in [5.74, 6) is -1.08. The molecular weight excluding hydrogens is 322 g/mol. The van der Waals surface area contributed by atoms with Crippen LogP contribution >= 0.6 is 0 Å². The molecule has 1 atom stereocenters. The fourth-order valence-corrected chi connectivity index (χ4v) is 5.03. The first-order chi connectivity index (χ1) is 11.0.